The molecule has 2 heterocycles. The Hall–Kier alpha value is -1.71. The fourth-order valence-electron chi connectivity index (χ4n) is 1.03. The monoisotopic (exact) mass is 163 g/mol. The molecule has 12 heavy (non-hydrogen) atoms. The van der Waals surface area contributed by atoms with Crippen LogP contribution in [0.5, 0.6) is 0 Å². The fraction of sp³-hybridized carbons (Fsp3) is 0.125. The number of nitrogens with two attached hydrogens (primary N) is 1. The van der Waals surface area contributed by atoms with E-state index in [1.165, 1.54) is 0 Å². The Labute approximate surface area is 69.6 Å². The lowest BCUT2D eigenvalue weighted by molar-refractivity contribution is 0.482. The lowest BCUT2D eigenvalue weighted by atomic mass is 10.4. The number of nitrogen functional groups attached to an aromatic ring is 1. The van der Waals surface area contributed by atoms with Crippen LogP contribution >= 0.6 is 0 Å². The minimum absolute atomic E-state index is 0.589. The van der Waals surface area contributed by atoms with E-state index in [1.807, 2.05) is 12.1 Å². The highest BCUT2D eigenvalue weighted by atomic mass is 16.3. The van der Waals surface area contributed by atoms with Crippen molar-refractivity contribution in [2.24, 2.45) is 0 Å². The minimum Gasteiger partial charge on any atom is -0.467 e. The molecule has 2 rings (SSSR count). The molecular weight excluding hydrogens is 154 g/mol. The van der Waals surface area contributed by atoms with E-state index >= 15 is 0 Å². The molecule has 0 unspecified atom stereocenters. The topological polar surface area (TPSA) is 57.0 Å². The van der Waals surface area contributed by atoms with Crippen molar-refractivity contribution < 1.29 is 4.42 Å². The van der Waals surface area contributed by atoms with E-state index < -0.39 is 0 Å². The maximum Gasteiger partial charge on any atom is 0.125 e. The standard InChI is InChI=1S/C8H9N3O/c9-8-3-4-10-11(8)6-7-2-1-5-12-7/h1-5H,6,9H2. The van der Waals surface area contributed by atoms with E-state index in [9.17, 15) is 0 Å². The average molecular weight is 163 g/mol. The maximum atomic E-state index is 5.62. The van der Waals surface area contributed by atoms with Crippen molar-refractivity contribution in [2.75, 3.05) is 5.73 Å². The first-order valence-corrected chi connectivity index (χ1v) is 3.66. The number of hydrogen-bond donors (Lipinski definition) is 1. The first kappa shape index (κ1) is 6.97. The molecule has 0 aliphatic rings. The SMILES string of the molecule is Nc1ccnn1Cc1ccco1. The van der Waals surface area contributed by atoms with Crippen molar-refractivity contribution >= 4 is 5.82 Å². The van der Waals surface area contributed by atoms with Crippen LogP contribution in [0.1, 0.15) is 5.76 Å². The summed E-state index contributed by atoms with van der Waals surface area (Å²) in [6, 6.07) is 5.49. The molecule has 0 aliphatic carbocycles. The van der Waals surface area contributed by atoms with Gasteiger partial charge in [0.25, 0.3) is 0 Å². The minimum atomic E-state index is 0.589. The van der Waals surface area contributed by atoms with Gasteiger partial charge in [-0.2, -0.15) is 5.10 Å². The van der Waals surface area contributed by atoms with E-state index in [0.29, 0.717) is 12.4 Å². The molecule has 4 heteroatoms. The molecule has 2 aromatic rings. The largest absolute Gasteiger partial charge is 0.467 e. The van der Waals surface area contributed by atoms with Crippen molar-refractivity contribution in [3.63, 3.8) is 0 Å². The summed E-state index contributed by atoms with van der Waals surface area (Å²) in [4.78, 5) is 0. The Morgan fingerprint density at radius 3 is 3.00 bits per heavy atom. The maximum absolute atomic E-state index is 5.62. The molecule has 0 aliphatic heterocycles. The summed E-state index contributed by atoms with van der Waals surface area (Å²) < 4.78 is 6.82. The van der Waals surface area contributed by atoms with Gasteiger partial charge in [-0.3, -0.25) is 0 Å². The molecule has 0 bridgehead atoms. The van der Waals surface area contributed by atoms with Gasteiger partial charge in [0, 0.05) is 0 Å². The van der Waals surface area contributed by atoms with Crippen LogP contribution in [-0.4, -0.2) is 9.78 Å². The first-order valence-electron chi connectivity index (χ1n) is 3.66. The lowest BCUT2D eigenvalue weighted by Crippen LogP contribution is -2.04. The summed E-state index contributed by atoms with van der Waals surface area (Å²) in [5.41, 5.74) is 5.62. The van der Waals surface area contributed by atoms with Gasteiger partial charge >= 0.3 is 0 Å². The zero-order chi connectivity index (χ0) is 8.39. The quantitative estimate of drug-likeness (QED) is 0.721. The Bertz CT molecular complexity index is 350. The zero-order valence-corrected chi connectivity index (χ0v) is 6.47. The summed E-state index contributed by atoms with van der Waals surface area (Å²) in [7, 11) is 0. The number of nitrogens with zero attached hydrogens (tertiary/aromatic N) is 2. The Kier molecular flexibility index (Phi) is 1.59. The number of furan rings is 1. The van der Waals surface area contributed by atoms with Gasteiger partial charge in [0.2, 0.25) is 0 Å². The molecule has 0 fully saturated rings. The molecule has 0 radical (unpaired) electrons. The van der Waals surface area contributed by atoms with Crippen LogP contribution in [0.4, 0.5) is 5.82 Å². The Morgan fingerprint density at radius 1 is 1.50 bits per heavy atom. The summed E-state index contributed by atoms with van der Waals surface area (Å²) in [6.07, 6.45) is 3.30. The Balaban J connectivity index is 2.20. The Morgan fingerprint density at radius 2 is 2.42 bits per heavy atom. The van der Waals surface area contributed by atoms with Gasteiger partial charge in [-0.1, -0.05) is 0 Å². The van der Waals surface area contributed by atoms with Crippen molar-refractivity contribution in [1.29, 1.82) is 0 Å². The second kappa shape index (κ2) is 2.73. The molecule has 62 valence electrons. The molecule has 0 saturated carbocycles. The highest BCUT2D eigenvalue weighted by Crippen LogP contribution is 2.06. The fourth-order valence-corrected chi connectivity index (χ4v) is 1.03. The highest BCUT2D eigenvalue weighted by molar-refractivity contribution is 5.26. The second-order valence-electron chi connectivity index (χ2n) is 2.49. The van der Waals surface area contributed by atoms with Gasteiger partial charge in [-0.25, -0.2) is 4.68 Å². The predicted molar refractivity (Wildman–Crippen MR) is 44.4 cm³/mol. The number of hydrogen-bond acceptors (Lipinski definition) is 3. The molecule has 0 spiro atoms. The smallest absolute Gasteiger partial charge is 0.125 e. The van der Waals surface area contributed by atoms with Gasteiger partial charge in [0.15, 0.2) is 0 Å². The zero-order valence-electron chi connectivity index (χ0n) is 6.47. The summed E-state index contributed by atoms with van der Waals surface area (Å²) >= 11 is 0. The van der Waals surface area contributed by atoms with E-state index in [0.717, 1.165) is 5.76 Å². The normalized spacial score (nSPS) is 10.3. The van der Waals surface area contributed by atoms with Crippen LogP contribution in [0.25, 0.3) is 0 Å². The average Bonchev–Trinajstić information content (AvgIpc) is 2.65. The van der Waals surface area contributed by atoms with Gasteiger partial charge in [0.05, 0.1) is 12.5 Å². The van der Waals surface area contributed by atoms with Gasteiger partial charge in [0.1, 0.15) is 18.1 Å². The predicted octanol–water partition coefficient (Wildman–Crippen LogP) is 1.11. The van der Waals surface area contributed by atoms with Crippen molar-refractivity contribution in [1.82, 2.24) is 9.78 Å². The van der Waals surface area contributed by atoms with Gasteiger partial charge in [-0.05, 0) is 18.2 Å². The van der Waals surface area contributed by atoms with Crippen LogP contribution in [0.3, 0.4) is 0 Å². The summed E-state index contributed by atoms with van der Waals surface area (Å²) in [5.74, 6) is 1.50. The molecule has 2 N–H and O–H groups in total. The van der Waals surface area contributed by atoms with Crippen LogP contribution in [-0.2, 0) is 6.54 Å². The third-order valence-corrected chi connectivity index (χ3v) is 1.64. The molecule has 0 amide bonds. The third-order valence-electron chi connectivity index (χ3n) is 1.64. The van der Waals surface area contributed by atoms with Crippen molar-refractivity contribution in [3.8, 4) is 0 Å². The molecule has 0 aromatic carbocycles. The van der Waals surface area contributed by atoms with Crippen LogP contribution < -0.4 is 5.73 Å². The van der Waals surface area contributed by atoms with E-state index in [4.69, 9.17) is 10.2 Å². The van der Waals surface area contributed by atoms with Crippen LogP contribution in [0.15, 0.2) is 35.1 Å². The number of rotatable bonds is 2. The van der Waals surface area contributed by atoms with Crippen LogP contribution in [0, 0.1) is 0 Å². The first-order chi connectivity index (χ1) is 5.86. The van der Waals surface area contributed by atoms with E-state index in [-0.39, 0.29) is 0 Å². The summed E-state index contributed by atoms with van der Waals surface area (Å²) in [5, 5.41) is 4.02. The van der Waals surface area contributed by atoms with Gasteiger partial charge < -0.3 is 10.2 Å². The highest BCUT2D eigenvalue weighted by Gasteiger charge is 2.00. The van der Waals surface area contributed by atoms with Crippen molar-refractivity contribution in [2.45, 2.75) is 6.54 Å². The third kappa shape index (κ3) is 1.18. The number of anilines is 1. The molecular formula is C8H9N3O. The lowest BCUT2D eigenvalue weighted by Gasteiger charge is -1.99. The van der Waals surface area contributed by atoms with Crippen molar-refractivity contribution in [3.05, 3.63) is 36.4 Å². The van der Waals surface area contributed by atoms with Crippen LogP contribution in [0.2, 0.25) is 0 Å². The van der Waals surface area contributed by atoms with Gasteiger partial charge in [-0.15, -0.1) is 0 Å². The molecule has 2 aromatic heterocycles. The molecule has 4 nitrogen and oxygen atoms in total. The van der Waals surface area contributed by atoms with E-state index in [1.54, 1.807) is 23.2 Å². The molecule has 0 saturated heterocycles. The summed E-state index contributed by atoms with van der Waals surface area (Å²) in [6.45, 7) is 0.589. The second-order valence-corrected chi connectivity index (χ2v) is 2.49. The number of aromatic nitrogens is 2. The van der Waals surface area contributed by atoms with E-state index in [2.05, 4.69) is 5.10 Å². The molecule has 0 atom stereocenters.